The van der Waals surface area contributed by atoms with Crippen LogP contribution in [-0.2, 0) is 16.1 Å². The molecule has 9 heteroatoms. The van der Waals surface area contributed by atoms with Crippen LogP contribution in [0.2, 0.25) is 0 Å². The van der Waals surface area contributed by atoms with Crippen molar-refractivity contribution >= 4 is 17.5 Å². The first kappa shape index (κ1) is 27.5. The van der Waals surface area contributed by atoms with Crippen LogP contribution in [0, 0.1) is 20.8 Å². The Balaban J connectivity index is 1.78. The highest BCUT2D eigenvalue weighted by molar-refractivity contribution is 6.02. The fourth-order valence-corrected chi connectivity index (χ4v) is 4.25. The third-order valence-electron chi connectivity index (χ3n) is 6.36. The highest BCUT2D eigenvalue weighted by atomic mass is 16.3. The number of carbonyl (C=O) groups is 2. The Morgan fingerprint density at radius 1 is 0.974 bits per heavy atom. The van der Waals surface area contributed by atoms with E-state index >= 15 is 0 Å². The summed E-state index contributed by atoms with van der Waals surface area (Å²) < 4.78 is 0. The van der Waals surface area contributed by atoms with Crippen molar-refractivity contribution in [3.8, 4) is 17.1 Å². The summed E-state index contributed by atoms with van der Waals surface area (Å²) in [6.45, 7) is 11.3. The Morgan fingerprint density at radius 3 is 2.28 bits per heavy atom. The molecule has 2 N–H and O–H groups in total. The third-order valence-corrected chi connectivity index (χ3v) is 6.36. The zero-order chi connectivity index (χ0) is 28.3. The van der Waals surface area contributed by atoms with Crippen LogP contribution in [0.4, 0.5) is 5.69 Å². The minimum absolute atomic E-state index is 0.0637. The first-order valence-electron chi connectivity index (χ1n) is 12.8. The van der Waals surface area contributed by atoms with Gasteiger partial charge in [-0.1, -0.05) is 54.1 Å². The van der Waals surface area contributed by atoms with Gasteiger partial charge in [-0.25, -0.2) is 0 Å². The molecule has 3 aromatic carbocycles. The molecule has 0 aliphatic heterocycles. The van der Waals surface area contributed by atoms with E-state index in [0.717, 1.165) is 22.3 Å². The van der Waals surface area contributed by atoms with Crippen LogP contribution in [-0.4, -0.2) is 42.7 Å². The number of anilines is 1. The Morgan fingerprint density at radius 2 is 1.64 bits per heavy atom. The van der Waals surface area contributed by atoms with E-state index in [9.17, 15) is 14.7 Å². The zero-order valence-corrected chi connectivity index (χ0v) is 23.1. The van der Waals surface area contributed by atoms with Crippen molar-refractivity contribution in [3.63, 3.8) is 0 Å². The van der Waals surface area contributed by atoms with Crippen molar-refractivity contribution in [2.45, 2.75) is 59.7 Å². The van der Waals surface area contributed by atoms with E-state index in [1.807, 2.05) is 84.0 Å². The van der Waals surface area contributed by atoms with E-state index in [1.165, 1.54) is 21.8 Å². The highest BCUT2D eigenvalue weighted by Crippen LogP contribution is 2.33. The largest absolute Gasteiger partial charge is 0.508 e. The Labute approximate surface area is 228 Å². The molecule has 4 aromatic rings. The van der Waals surface area contributed by atoms with Gasteiger partial charge < -0.3 is 10.4 Å². The van der Waals surface area contributed by atoms with Gasteiger partial charge in [-0.3, -0.25) is 14.5 Å². The molecule has 0 fully saturated rings. The lowest BCUT2D eigenvalue weighted by Gasteiger charge is -2.34. The maximum atomic E-state index is 14.1. The molecule has 39 heavy (non-hydrogen) atoms. The minimum Gasteiger partial charge on any atom is -0.508 e. The smallest absolute Gasteiger partial charge is 0.251 e. The van der Waals surface area contributed by atoms with E-state index in [2.05, 4.69) is 20.7 Å². The number of phenolic OH excluding ortho intramolecular Hbond substituents is 1. The van der Waals surface area contributed by atoms with Crippen molar-refractivity contribution in [3.05, 3.63) is 89.0 Å². The second-order valence-electron chi connectivity index (χ2n) is 10.7. The number of tetrazole rings is 1. The van der Waals surface area contributed by atoms with Gasteiger partial charge in [0.2, 0.25) is 11.7 Å². The molecular formula is C30H34N6O3. The van der Waals surface area contributed by atoms with Gasteiger partial charge in [-0.15, -0.1) is 10.2 Å². The van der Waals surface area contributed by atoms with Gasteiger partial charge >= 0.3 is 0 Å². The van der Waals surface area contributed by atoms with Gasteiger partial charge in [0.25, 0.3) is 5.91 Å². The van der Waals surface area contributed by atoms with Crippen molar-refractivity contribution in [2.24, 2.45) is 0 Å². The number of nitrogens with zero attached hydrogens (tertiary/aromatic N) is 5. The molecule has 1 heterocycles. The standard InChI is InChI=1S/C30H34N6O3/c1-19-10-12-23(13-11-19)28-32-34-35(33-28)18-26(38)36(25-9-7-8-20(2)21(25)3)27(29(39)31-30(4,5)6)22-14-16-24(37)17-15-22/h7-17,27,37H,18H2,1-6H3,(H,31,39)/t27-/m0/s1. The summed E-state index contributed by atoms with van der Waals surface area (Å²) in [7, 11) is 0. The summed E-state index contributed by atoms with van der Waals surface area (Å²) in [6, 6.07) is 18.7. The Hall–Kier alpha value is -4.53. The van der Waals surface area contributed by atoms with Crippen LogP contribution in [0.1, 0.15) is 49.1 Å². The van der Waals surface area contributed by atoms with Crippen LogP contribution in [0.15, 0.2) is 66.7 Å². The number of phenols is 1. The molecule has 0 spiro atoms. The van der Waals surface area contributed by atoms with E-state index < -0.39 is 17.5 Å². The number of aromatic hydroxyl groups is 1. The molecule has 1 aromatic heterocycles. The lowest BCUT2D eigenvalue weighted by molar-refractivity contribution is -0.128. The molecular weight excluding hydrogens is 492 g/mol. The maximum absolute atomic E-state index is 14.1. The van der Waals surface area contributed by atoms with Gasteiger partial charge in [-0.05, 0) is 81.6 Å². The van der Waals surface area contributed by atoms with Crippen molar-refractivity contribution in [2.75, 3.05) is 4.90 Å². The average Bonchev–Trinajstić information content (AvgIpc) is 3.33. The summed E-state index contributed by atoms with van der Waals surface area (Å²) in [6.07, 6.45) is 0. The topological polar surface area (TPSA) is 113 Å². The van der Waals surface area contributed by atoms with E-state index in [-0.39, 0.29) is 18.2 Å². The molecule has 0 saturated heterocycles. The summed E-state index contributed by atoms with van der Waals surface area (Å²) >= 11 is 0. The molecule has 0 aliphatic rings. The van der Waals surface area contributed by atoms with E-state index in [1.54, 1.807) is 12.1 Å². The zero-order valence-electron chi connectivity index (χ0n) is 23.1. The second kappa shape index (κ2) is 11.1. The monoisotopic (exact) mass is 526 g/mol. The lowest BCUT2D eigenvalue weighted by Crippen LogP contribution is -2.50. The summed E-state index contributed by atoms with van der Waals surface area (Å²) in [5.74, 6) is -0.275. The van der Waals surface area contributed by atoms with Crippen molar-refractivity contribution in [1.29, 1.82) is 0 Å². The summed E-state index contributed by atoms with van der Waals surface area (Å²) in [5, 5.41) is 25.6. The number of rotatable bonds is 7. The lowest BCUT2D eigenvalue weighted by atomic mass is 9.98. The third kappa shape index (κ3) is 6.49. The molecule has 1 atom stereocenters. The molecule has 0 saturated carbocycles. The van der Waals surface area contributed by atoms with Gasteiger partial charge in [0.05, 0.1) is 0 Å². The number of nitrogens with one attached hydrogen (secondary N) is 1. The molecule has 9 nitrogen and oxygen atoms in total. The fourth-order valence-electron chi connectivity index (χ4n) is 4.25. The minimum atomic E-state index is -1.02. The average molecular weight is 527 g/mol. The summed E-state index contributed by atoms with van der Waals surface area (Å²) in [4.78, 5) is 30.6. The predicted molar refractivity (Wildman–Crippen MR) is 150 cm³/mol. The maximum Gasteiger partial charge on any atom is 0.251 e. The second-order valence-corrected chi connectivity index (χ2v) is 10.7. The van der Waals surface area contributed by atoms with Gasteiger partial charge in [0, 0.05) is 16.8 Å². The van der Waals surface area contributed by atoms with Gasteiger partial charge in [0.15, 0.2) is 0 Å². The van der Waals surface area contributed by atoms with Crippen LogP contribution >= 0.6 is 0 Å². The molecule has 0 bridgehead atoms. The predicted octanol–water partition coefficient (Wildman–Crippen LogP) is 4.66. The number of amides is 2. The summed E-state index contributed by atoms with van der Waals surface area (Å²) in [5.41, 5.74) is 4.35. The molecule has 0 radical (unpaired) electrons. The van der Waals surface area contributed by atoms with Gasteiger partial charge in [-0.2, -0.15) is 4.80 Å². The molecule has 0 aliphatic carbocycles. The van der Waals surface area contributed by atoms with Crippen LogP contribution in [0.3, 0.4) is 0 Å². The fraction of sp³-hybridized carbons (Fsp3) is 0.300. The van der Waals surface area contributed by atoms with Crippen LogP contribution < -0.4 is 10.2 Å². The molecule has 2 amide bonds. The van der Waals surface area contributed by atoms with Crippen LogP contribution in [0.25, 0.3) is 11.4 Å². The number of aromatic nitrogens is 4. The molecule has 0 unspecified atom stereocenters. The first-order valence-corrected chi connectivity index (χ1v) is 12.8. The Bertz CT molecular complexity index is 1470. The Kier molecular flexibility index (Phi) is 7.80. The van der Waals surface area contributed by atoms with Crippen molar-refractivity contribution < 1.29 is 14.7 Å². The highest BCUT2D eigenvalue weighted by Gasteiger charge is 2.35. The van der Waals surface area contributed by atoms with E-state index in [4.69, 9.17) is 0 Å². The van der Waals surface area contributed by atoms with Crippen molar-refractivity contribution in [1.82, 2.24) is 25.5 Å². The quantitative estimate of drug-likeness (QED) is 0.362. The number of hydrogen-bond acceptors (Lipinski definition) is 6. The number of carbonyl (C=O) groups excluding carboxylic acids is 2. The SMILES string of the molecule is Cc1ccc(-c2nnn(CC(=O)N(c3cccc(C)c3C)[C@H](C(=O)NC(C)(C)C)c3ccc(O)cc3)n2)cc1. The normalized spacial score (nSPS) is 12.2. The van der Waals surface area contributed by atoms with Crippen LogP contribution in [0.5, 0.6) is 5.75 Å². The number of aryl methyl sites for hydroxylation is 2. The molecule has 4 rings (SSSR count). The first-order chi connectivity index (χ1) is 18.4. The number of hydrogen-bond donors (Lipinski definition) is 2. The molecule has 202 valence electrons. The number of benzene rings is 3. The van der Waals surface area contributed by atoms with E-state index in [0.29, 0.717) is 17.1 Å². The van der Waals surface area contributed by atoms with Gasteiger partial charge in [0.1, 0.15) is 18.3 Å².